The lowest BCUT2D eigenvalue weighted by Crippen LogP contribution is -2.41. The molecule has 1 aliphatic rings. The van der Waals surface area contributed by atoms with Crippen LogP contribution in [0.15, 0.2) is 69.7 Å². The number of hydrogen-bond acceptors (Lipinski definition) is 5. The zero-order chi connectivity index (χ0) is 16.9. The molecule has 0 aliphatic carbocycles. The summed E-state index contributed by atoms with van der Waals surface area (Å²) in [5.41, 5.74) is 2.43. The number of carbonyl (C=O) groups is 3. The lowest BCUT2D eigenvalue weighted by Gasteiger charge is -2.10. The van der Waals surface area contributed by atoms with Crippen LogP contribution in [0.1, 0.15) is 10.4 Å². The van der Waals surface area contributed by atoms with Crippen LogP contribution >= 0.6 is 0 Å². The second-order valence-corrected chi connectivity index (χ2v) is 4.93. The molecule has 1 aliphatic heterocycles. The number of nitrogens with one attached hydrogen (secondary N) is 1. The molecule has 0 saturated heterocycles. The number of nitrogens with zero attached hydrogens (tertiary/aromatic N) is 3. The summed E-state index contributed by atoms with van der Waals surface area (Å²) in [6.07, 6.45) is 0.390. The third-order valence-corrected chi connectivity index (χ3v) is 3.34. The lowest BCUT2D eigenvalue weighted by molar-refractivity contribution is -0.118. The van der Waals surface area contributed by atoms with Gasteiger partial charge in [-0.3, -0.25) is 19.4 Å². The van der Waals surface area contributed by atoms with Gasteiger partial charge in [0.2, 0.25) is 0 Å². The first-order valence-corrected chi connectivity index (χ1v) is 7.12. The van der Waals surface area contributed by atoms with Crippen molar-refractivity contribution in [3.63, 3.8) is 0 Å². The largest absolute Gasteiger partial charge is 0.296 e. The zero-order valence-corrected chi connectivity index (χ0v) is 12.4. The Morgan fingerprint density at radius 1 is 1.04 bits per heavy atom. The van der Waals surface area contributed by atoms with Gasteiger partial charge in [-0.25, -0.2) is 10.4 Å². The first-order valence-electron chi connectivity index (χ1n) is 7.12. The highest BCUT2D eigenvalue weighted by Gasteiger charge is 2.25. The highest BCUT2D eigenvalue weighted by atomic mass is 16.2. The van der Waals surface area contributed by atoms with Crippen LogP contribution in [0.25, 0.3) is 0 Å². The standard InChI is InChI=1S/C17H12N4O3/c22-10-14(20-21-16(23)11-6-2-1-3-7-11)15-17(24)19-13-9-5-4-8-12(13)18-15/h1-10,15H,(H,21,23)/b20-14-. The fourth-order valence-corrected chi connectivity index (χ4v) is 2.16. The molecule has 7 heteroatoms. The molecule has 0 bridgehead atoms. The van der Waals surface area contributed by atoms with Gasteiger partial charge in [0.25, 0.3) is 11.8 Å². The van der Waals surface area contributed by atoms with Crippen molar-refractivity contribution < 1.29 is 14.4 Å². The van der Waals surface area contributed by atoms with Crippen molar-refractivity contribution in [1.82, 2.24) is 5.43 Å². The Hall–Kier alpha value is -3.48. The van der Waals surface area contributed by atoms with E-state index in [1.54, 1.807) is 54.6 Å². The van der Waals surface area contributed by atoms with Crippen LogP contribution in [0.2, 0.25) is 0 Å². The molecule has 24 heavy (non-hydrogen) atoms. The molecule has 0 spiro atoms. The van der Waals surface area contributed by atoms with Crippen molar-refractivity contribution >= 4 is 23.8 Å². The first kappa shape index (κ1) is 15.4. The van der Waals surface area contributed by atoms with Crippen LogP contribution in [-0.4, -0.2) is 29.9 Å². The molecule has 7 nitrogen and oxygen atoms in total. The predicted molar refractivity (Wildman–Crippen MR) is 85.0 cm³/mol. The minimum absolute atomic E-state index is 0.206. The fraction of sp³-hybridized carbons (Fsp3) is 0.0588. The Labute approximate surface area is 136 Å². The number of aldehydes is 1. The molecule has 0 aromatic heterocycles. The van der Waals surface area contributed by atoms with Gasteiger partial charge in [0.05, 0.1) is 10.7 Å². The summed E-state index contributed by atoms with van der Waals surface area (Å²) < 4.78 is 0. The Morgan fingerprint density at radius 2 is 1.71 bits per heavy atom. The first-order chi connectivity index (χ1) is 11.7. The van der Waals surface area contributed by atoms with E-state index in [-0.39, 0.29) is 5.71 Å². The van der Waals surface area contributed by atoms with E-state index in [1.165, 1.54) is 0 Å². The molecule has 118 valence electrons. The highest BCUT2D eigenvalue weighted by Crippen LogP contribution is 2.01. The summed E-state index contributed by atoms with van der Waals surface area (Å²) >= 11 is 0. The van der Waals surface area contributed by atoms with E-state index in [0.717, 1.165) is 0 Å². The number of hydrogen-bond donors (Lipinski definition) is 1. The van der Waals surface area contributed by atoms with E-state index in [4.69, 9.17) is 0 Å². The number of hydrazone groups is 1. The molecule has 1 heterocycles. The van der Waals surface area contributed by atoms with Gasteiger partial charge in [-0.05, 0) is 24.3 Å². The van der Waals surface area contributed by atoms with Crippen molar-refractivity contribution in [3.8, 4) is 0 Å². The van der Waals surface area contributed by atoms with E-state index in [1.807, 2.05) is 0 Å². The van der Waals surface area contributed by atoms with Gasteiger partial charge >= 0.3 is 0 Å². The number of carbonyl (C=O) groups excluding carboxylic acids is 3. The van der Waals surface area contributed by atoms with E-state index in [0.29, 0.717) is 22.6 Å². The number of amides is 2. The molecular weight excluding hydrogens is 308 g/mol. The minimum atomic E-state index is -1.16. The Kier molecular flexibility index (Phi) is 4.33. The number of rotatable bonds is 4. The van der Waals surface area contributed by atoms with Gasteiger partial charge in [0.1, 0.15) is 5.71 Å². The molecule has 0 fully saturated rings. The Balaban J connectivity index is 1.87. The summed E-state index contributed by atoms with van der Waals surface area (Å²) in [5.74, 6) is -1.09. The normalized spacial score (nSPS) is 16.4. The van der Waals surface area contributed by atoms with Gasteiger partial charge in [-0.1, -0.05) is 30.3 Å². The van der Waals surface area contributed by atoms with E-state index in [2.05, 4.69) is 20.5 Å². The fourth-order valence-electron chi connectivity index (χ4n) is 2.16. The maximum absolute atomic E-state index is 12.1. The number of benzene rings is 2. The number of fused-ring (bicyclic) bond motifs is 1. The summed E-state index contributed by atoms with van der Waals surface area (Å²) in [5, 5.41) is 4.67. The monoisotopic (exact) mass is 320 g/mol. The van der Waals surface area contributed by atoms with Crippen molar-refractivity contribution in [2.45, 2.75) is 6.04 Å². The summed E-state index contributed by atoms with van der Waals surface area (Å²) in [6.45, 7) is 0. The van der Waals surface area contributed by atoms with Crippen LogP contribution < -0.4 is 16.1 Å². The molecule has 0 radical (unpaired) electrons. The van der Waals surface area contributed by atoms with Gasteiger partial charge < -0.3 is 0 Å². The maximum atomic E-state index is 12.1. The average molecular weight is 320 g/mol. The highest BCUT2D eigenvalue weighted by molar-refractivity contribution is 6.36. The SMILES string of the molecule is O=C/C(=N/NC(=O)c1ccccc1)C1N=c2ccccc2=NC1=O. The molecule has 3 rings (SSSR count). The molecule has 2 aromatic rings. The molecule has 2 amide bonds. The molecule has 1 N–H and O–H groups in total. The van der Waals surface area contributed by atoms with Crippen molar-refractivity contribution in [3.05, 3.63) is 70.9 Å². The van der Waals surface area contributed by atoms with Crippen molar-refractivity contribution in [2.24, 2.45) is 15.1 Å². The molecule has 2 aromatic carbocycles. The van der Waals surface area contributed by atoms with Crippen molar-refractivity contribution in [1.29, 1.82) is 0 Å². The summed E-state index contributed by atoms with van der Waals surface area (Å²) in [4.78, 5) is 43.4. The lowest BCUT2D eigenvalue weighted by atomic mass is 10.1. The van der Waals surface area contributed by atoms with E-state index < -0.39 is 17.9 Å². The zero-order valence-electron chi connectivity index (χ0n) is 12.4. The maximum Gasteiger partial charge on any atom is 0.277 e. The second kappa shape index (κ2) is 6.74. The number of para-hydroxylation sites is 2. The predicted octanol–water partition coefficient (Wildman–Crippen LogP) is -0.181. The van der Waals surface area contributed by atoms with Crippen LogP contribution in [0.3, 0.4) is 0 Å². The van der Waals surface area contributed by atoms with E-state index in [9.17, 15) is 14.4 Å². The van der Waals surface area contributed by atoms with Gasteiger partial charge in [0.15, 0.2) is 12.3 Å². The Morgan fingerprint density at radius 3 is 2.42 bits per heavy atom. The summed E-state index contributed by atoms with van der Waals surface area (Å²) in [6, 6.07) is 14.1. The molecule has 1 atom stereocenters. The van der Waals surface area contributed by atoms with Crippen LogP contribution in [-0.2, 0) is 9.59 Å². The minimum Gasteiger partial charge on any atom is -0.296 e. The van der Waals surface area contributed by atoms with Gasteiger partial charge in [0, 0.05) is 5.56 Å². The molecular formula is C17H12N4O3. The van der Waals surface area contributed by atoms with E-state index >= 15 is 0 Å². The summed E-state index contributed by atoms with van der Waals surface area (Å²) in [7, 11) is 0. The van der Waals surface area contributed by atoms with Crippen LogP contribution in [0, 0.1) is 0 Å². The third kappa shape index (κ3) is 3.14. The van der Waals surface area contributed by atoms with Crippen LogP contribution in [0.4, 0.5) is 0 Å². The Bertz CT molecular complexity index is 951. The average Bonchev–Trinajstić information content (AvgIpc) is 2.63. The van der Waals surface area contributed by atoms with Gasteiger partial charge in [-0.15, -0.1) is 0 Å². The second-order valence-electron chi connectivity index (χ2n) is 4.93. The third-order valence-electron chi connectivity index (χ3n) is 3.34. The molecule has 0 saturated carbocycles. The topological polar surface area (TPSA) is 100 Å². The smallest absolute Gasteiger partial charge is 0.277 e. The van der Waals surface area contributed by atoms with Gasteiger partial charge in [-0.2, -0.15) is 5.10 Å². The van der Waals surface area contributed by atoms with Crippen molar-refractivity contribution in [2.75, 3.05) is 0 Å². The molecule has 1 unspecified atom stereocenters. The van der Waals surface area contributed by atoms with Crippen LogP contribution in [0.5, 0.6) is 0 Å². The quantitative estimate of drug-likeness (QED) is 0.480.